The summed E-state index contributed by atoms with van der Waals surface area (Å²) in [6.07, 6.45) is 1.78. The number of nitrogens with zero attached hydrogens (tertiary/aromatic N) is 3. The molecular weight excluding hydrogens is 314 g/mol. The molecule has 0 bridgehead atoms. The molecule has 8 nitrogen and oxygen atoms in total. The smallest absolute Gasteiger partial charge is 0.262 e. The quantitative estimate of drug-likeness (QED) is 0.540. The van der Waals surface area contributed by atoms with E-state index in [1.54, 1.807) is 18.5 Å². The van der Waals surface area contributed by atoms with Crippen molar-refractivity contribution in [1.29, 1.82) is 0 Å². The molecule has 0 saturated carbocycles. The number of aromatic nitrogens is 2. The van der Waals surface area contributed by atoms with Gasteiger partial charge in [0.2, 0.25) is 5.03 Å². The number of fused-ring (bicyclic) bond motifs is 1. The maximum absolute atomic E-state index is 12.8. The van der Waals surface area contributed by atoms with Crippen LogP contribution in [-0.4, -0.2) is 46.4 Å². The summed E-state index contributed by atoms with van der Waals surface area (Å²) in [5.74, 6) is 5.50. The average molecular weight is 331 g/mol. The lowest BCUT2D eigenvalue weighted by Gasteiger charge is -2.17. The summed E-state index contributed by atoms with van der Waals surface area (Å²) in [6, 6.07) is 0. The Bertz CT molecular complexity index is 751. The van der Waals surface area contributed by atoms with E-state index >= 15 is 0 Å². The third kappa shape index (κ3) is 2.32. The van der Waals surface area contributed by atoms with E-state index < -0.39 is 16.1 Å². The van der Waals surface area contributed by atoms with E-state index in [1.165, 1.54) is 20.0 Å². The largest absolute Gasteiger partial charge is 0.393 e. The minimum atomic E-state index is -3.71. The molecule has 3 heterocycles. The van der Waals surface area contributed by atoms with Crippen molar-refractivity contribution in [3.05, 3.63) is 11.6 Å². The van der Waals surface area contributed by atoms with Gasteiger partial charge in [0.05, 0.1) is 6.10 Å². The molecule has 0 aromatic carbocycles. The monoisotopic (exact) mass is 331 g/mol. The van der Waals surface area contributed by atoms with Gasteiger partial charge in [0.25, 0.3) is 10.0 Å². The zero-order chi connectivity index (χ0) is 15.2. The van der Waals surface area contributed by atoms with Crippen molar-refractivity contribution >= 4 is 32.1 Å². The normalized spacial score (nSPS) is 22.0. The zero-order valence-electron chi connectivity index (χ0n) is 11.4. The first-order valence-electron chi connectivity index (χ1n) is 6.55. The van der Waals surface area contributed by atoms with Gasteiger partial charge in [-0.25, -0.2) is 14.3 Å². The molecule has 0 spiro atoms. The number of rotatable bonds is 4. The van der Waals surface area contributed by atoms with Crippen molar-refractivity contribution in [2.45, 2.75) is 24.5 Å². The van der Waals surface area contributed by atoms with Gasteiger partial charge in [-0.05, 0) is 19.3 Å². The van der Waals surface area contributed by atoms with Crippen LogP contribution in [0.25, 0.3) is 4.96 Å². The molecule has 3 rings (SSSR count). The van der Waals surface area contributed by atoms with Crippen molar-refractivity contribution in [3.8, 4) is 0 Å². The maximum atomic E-state index is 12.8. The SMILES string of the molecule is CC(O)C1CCN(S(=O)(=O)c2c(NN)nc3sccn23)C1. The predicted octanol–water partition coefficient (Wildman–Crippen LogP) is 0.0728. The Balaban J connectivity index is 2.03. The van der Waals surface area contributed by atoms with Gasteiger partial charge in [-0.2, -0.15) is 9.29 Å². The highest BCUT2D eigenvalue weighted by atomic mass is 32.2. The van der Waals surface area contributed by atoms with Gasteiger partial charge < -0.3 is 10.5 Å². The number of imidazole rings is 1. The fourth-order valence-electron chi connectivity index (χ4n) is 2.59. The number of aliphatic hydroxyl groups is 1. The molecule has 2 atom stereocenters. The minimum Gasteiger partial charge on any atom is -0.393 e. The molecule has 21 heavy (non-hydrogen) atoms. The Labute approximate surface area is 126 Å². The first kappa shape index (κ1) is 14.7. The van der Waals surface area contributed by atoms with E-state index in [-0.39, 0.29) is 16.8 Å². The minimum absolute atomic E-state index is 0.0417. The van der Waals surface area contributed by atoms with Gasteiger partial charge in [0.1, 0.15) is 0 Å². The summed E-state index contributed by atoms with van der Waals surface area (Å²) in [5.41, 5.74) is 2.35. The molecule has 1 saturated heterocycles. The predicted molar refractivity (Wildman–Crippen MR) is 79.4 cm³/mol. The molecule has 2 aromatic heterocycles. The van der Waals surface area contributed by atoms with Crippen LogP contribution >= 0.6 is 11.3 Å². The Hall–Kier alpha value is -1.20. The highest BCUT2D eigenvalue weighted by Crippen LogP contribution is 2.31. The van der Waals surface area contributed by atoms with Crippen LogP contribution in [0.3, 0.4) is 0 Å². The van der Waals surface area contributed by atoms with Crippen LogP contribution in [0.2, 0.25) is 0 Å². The topological polar surface area (TPSA) is 113 Å². The zero-order valence-corrected chi connectivity index (χ0v) is 13.1. The van der Waals surface area contributed by atoms with Gasteiger partial charge in [-0.1, -0.05) is 0 Å². The van der Waals surface area contributed by atoms with Crippen molar-refractivity contribution in [1.82, 2.24) is 13.7 Å². The molecule has 1 fully saturated rings. The number of hydrazine groups is 1. The molecule has 0 amide bonds. The summed E-state index contributed by atoms with van der Waals surface area (Å²) >= 11 is 1.34. The molecule has 2 unspecified atom stereocenters. The van der Waals surface area contributed by atoms with Crippen LogP contribution in [0.5, 0.6) is 0 Å². The first-order valence-corrected chi connectivity index (χ1v) is 8.87. The van der Waals surface area contributed by atoms with E-state index in [0.29, 0.717) is 24.5 Å². The van der Waals surface area contributed by atoms with Crippen LogP contribution < -0.4 is 11.3 Å². The van der Waals surface area contributed by atoms with E-state index in [0.717, 1.165) is 0 Å². The lowest BCUT2D eigenvalue weighted by molar-refractivity contribution is 0.133. The van der Waals surface area contributed by atoms with Gasteiger partial charge >= 0.3 is 0 Å². The molecule has 10 heteroatoms. The van der Waals surface area contributed by atoms with Crippen LogP contribution in [-0.2, 0) is 10.0 Å². The molecule has 4 N–H and O–H groups in total. The standard InChI is InChI=1S/C11H17N5O3S2/c1-7(17)8-2-3-15(6-8)21(18,19)10-9(14-12)13-11-16(10)4-5-20-11/h4-5,7-8,14,17H,2-3,6,12H2,1H3. The fourth-order valence-corrected chi connectivity index (χ4v) is 5.09. The maximum Gasteiger partial charge on any atom is 0.262 e. The molecule has 2 aromatic rings. The number of thiazole rings is 1. The van der Waals surface area contributed by atoms with Crippen LogP contribution in [0.4, 0.5) is 5.82 Å². The average Bonchev–Trinajstić information content (AvgIpc) is 3.12. The van der Waals surface area contributed by atoms with Gasteiger partial charge in [0.15, 0.2) is 10.8 Å². The van der Waals surface area contributed by atoms with E-state index in [2.05, 4.69) is 10.4 Å². The van der Waals surface area contributed by atoms with Gasteiger partial charge in [0, 0.05) is 24.7 Å². The third-order valence-corrected chi connectivity index (χ3v) is 6.46. The number of anilines is 1. The van der Waals surface area contributed by atoms with Crippen molar-refractivity contribution < 1.29 is 13.5 Å². The van der Waals surface area contributed by atoms with E-state index in [4.69, 9.17) is 5.84 Å². The number of hydrogen-bond acceptors (Lipinski definition) is 7. The molecule has 116 valence electrons. The second-order valence-electron chi connectivity index (χ2n) is 5.12. The second kappa shape index (κ2) is 5.21. The molecule has 1 aliphatic rings. The Morgan fingerprint density at radius 3 is 3.00 bits per heavy atom. The van der Waals surface area contributed by atoms with Crippen molar-refractivity contribution in [2.24, 2.45) is 11.8 Å². The van der Waals surface area contributed by atoms with E-state index in [9.17, 15) is 13.5 Å². The van der Waals surface area contributed by atoms with Gasteiger partial charge in [-0.15, -0.1) is 11.3 Å². The summed E-state index contributed by atoms with van der Waals surface area (Å²) < 4.78 is 28.6. The second-order valence-corrected chi connectivity index (χ2v) is 7.84. The van der Waals surface area contributed by atoms with Crippen molar-refractivity contribution in [3.63, 3.8) is 0 Å². The number of nitrogen functional groups attached to an aromatic ring is 1. The van der Waals surface area contributed by atoms with Crippen molar-refractivity contribution in [2.75, 3.05) is 18.5 Å². The lowest BCUT2D eigenvalue weighted by Crippen LogP contribution is -2.32. The third-order valence-electron chi connectivity index (χ3n) is 3.81. The van der Waals surface area contributed by atoms with Crippen LogP contribution in [0.1, 0.15) is 13.3 Å². The number of aliphatic hydroxyl groups excluding tert-OH is 1. The summed E-state index contributed by atoms with van der Waals surface area (Å²) in [7, 11) is -3.71. The fraction of sp³-hybridized carbons (Fsp3) is 0.545. The Morgan fingerprint density at radius 2 is 2.38 bits per heavy atom. The lowest BCUT2D eigenvalue weighted by atomic mass is 10.0. The number of nitrogens with two attached hydrogens (primary N) is 1. The highest BCUT2D eigenvalue weighted by Gasteiger charge is 2.38. The molecule has 0 radical (unpaired) electrons. The molecular formula is C11H17N5O3S2. The highest BCUT2D eigenvalue weighted by molar-refractivity contribution is 7.89. The number of nitrogens with one attached hydrogen (secondary N) is 1. The van der Waals surface area contributed by atoms with Crippen LogP contribution in [0, 0.1) is 5.92 Å². The number of hydrogen-bond donors (Lipinski definition) is 3. The Kier molecular flexibility index (Phi) is 3.66. The first-order chi connectivity index (χ1) is 9.95. The molecule has 1 aliphatic heterocycles. The number of sulfonamides is 1. The van der Waals surface area contributed by atoms with Crippen LogP contribution in [0.15, 0.2) is 16.6 Å². The summed E-state index contributed by atoms with van der Waals surface area (Å²) in [5, 5.41) is 11.5. The molecule has 0 aliphatic carbocycles. The summed E-state index contributed by atoms with van der Waals surface area (Å²) in [4.78, 5) is 4.74. The van der Waals surface area contributed by atoms with Gasteiger partial charge in [-0.3, -0.25) is 4.40 Å². The summed E-state index contributed by atoms with van der Waals surface area (Å²) in [6.45, 7) is 2.38. The van der Waals surface area contributed by atoms with E-state index in [1.807, 2.05) is 0 Å². The Morgan fingerprint density at radius 1 is 1.62 bits per heavy atom.